The fourth-order valence-electron chi connectivity index (χ4n) is 2.41. The molecule has 6 heteroatoms. The Bertz CT molecular complexity index is 249. The average Bonchev–Trinajstić information content (AvgIpc) is 2.33. The van der Waals surface area contributed by atoms with Gasteiger partial charge in [-0.2, -0.15) is 0 Å². The van der Waals surface area contributed by atoms with Gasteiger partial charge >= 0.3 is 0 Å². The van der Waals surface area contributed by atoms with Crippen LogP contribution in [0.15, 0.2) is 0 Å². The number of rotatable bonds is 4. The maximum Gasteiger partial charge on any atom is 0.0793 e. The summed E-state index contributed by atoms with van der Waals surface area (Å²) in [6, 6.07) is 0. The first kappa shape index (κ1) is 13.4. The molecular formula is C11H23N3O2S. The molecule has 2 aliphatic rings. The normalized spacial score (nSPS) is 27.1. The van der Waals surface area contributed by atoms with E-state index in [0.29, 0.717) is 0 Å². The van der Waals surface area contributed by atoms with Gasteiger partial charge in [0.25, 0.3) is 0 Å². The van der Waals surface area contributed by atoms with Crippen molar-refractivity contribution < 1.29 is 9.32 Å². The minimum atomic E-state index is -0.624. The van der Waals surface area contributed by atoms with Gasteiger partial charge in [-0.05, 0) is 0 Å². The average molecular weight is 261 g/mol. The predicted molar refractivity (Wildman–Crippen MR) is 69.6 cm³/mol. The van der Waals surface area contributed by atoms with Crippen LogP contribution < -0.4 is 5.32 Å². The van der Waals surface area contributed by atoms with Crippen LogP contribution in [0.5, 0.6) is 0 Å². The molecule has 2 heterocycles. The van der Waals surface area contributed by atoms with Gasteiger partial charge in [0.05, 0.1) is 6.10 Å². The molecule has 0 aliphatic carbocycles. The Morgan fingerprint density at radius 1 is 1.06 bits per heavy atom. The third-order valence-corrected chi connectivity index (χ3v) is 4.69. The highest BCUT2D eigenvalue weighted by Gasteiger charge is 2.20. The molecule has 2 aliphatic heterocycles. The number of hydrogen-bond donors (Lipinski definition) is 2. The van der Waals surface area contributed by atoms with Crippen molar-refractivity contribution >= 4 is 10.8 Å². The Labute approximate surface area is 106 Å². The molecule has 0 aromatic rings. The number of nitrogens with one attached hydrogen (secondary N) is 1. The predicted octanol–water partition coefficient (Wildman–Crippen LogP) is -1.68. The number of β-amino-alcohol motifs (C(OH)–C–C–N with tert-alkyl or cyclic N) is 1. The van der Waals surface area contributed by atoms with Gasteiger partial charge in [0.2, 0.25) is 0 Å². The van der Waals surface area contributed by atoms with E-state index in [2.05, 4.69) is 15.1 Å². The van der Waals surface area contributed by atoms with Crippen LogP contribution in [0.3, 0.4) is 0 Å². The summed E-state index contributed by atoms with van der Waals surface area (Å²) in [4.78, 5) is 4.54. The molecule has 0 aromatic carbocycles. The Morgan fingerprint density at radius 2 is 1.59 bits per heavy atom. The van der Waals surface area contributed by atoms with E-state index in [-0.39, 0.29) is 6.10 Å². The van der Waals surface area contributed by atoms with Gasteiger partial charge < -0.3 is 10.4 Å². The van der Waals surface area contributed by atoms with E-state index in [1.54, 1.807) is 0 Å². The summed E-state index contributed by atoms with van der Waals surface area (Å²) in [5, 5.41) is 13.3. The molecule has 2 fully saturated rings. The van der Waals surface area contributed by atoms with Crippen LogP contribution in [0.1, 0.15) is 0 Å². The molecule has 0 radical (unpaired) electrons. The first-order valence-corrected chi connectivity index (χ1v) is 7.91. The molecule has 0 saturated carbocycles. The second kappa shape index (κ2) is 6.80. The first-order chi connectivity index (χ1) is 8.24. The van der Waals surface area contributed by atoms with E-state index in [1.807, 2.05) is 0 Å². The summed E-state index contributed by atoms with van der Waals surface area (Å²) in [7, 11) is -0.624. The molecule has 2 rings (SSSR count). The van der Waals surface area contributed by atoms with Crippen molar-refractivity contribution in [1.29, 1.82) is 0 Å². The van der Waals surface area contributed by atoms with Crippen LogP contribution >= 0.6 is 0 Å². The molecule has 0 spiro atoms. The number of hydrogen-bond acceptors (Lipinski definition) is 5. The third-order valence-electron chi connectivity index (χ3n) is 3.42. The largest absolute Gasteiger partial charge is 0.390 e. The summed E-state index contributed by atoms with van der Waals surface area (Å²) in [5.74, 6) is 1.53. The van der Waals surface area contributed by atoms with Gasteiger partial charge in [-0.25, -0.2) is 0 Å². The van der Waals surface area contributed by atoms with Crippen LogP contribution in [-0.2, 0) is 10.8 Å². The fraction of sp³-hybridized carbons (Fsp3) is 1.00. The van der Waals surface area contributed by atoms with E-state index in [4.69, 9.17) is 0 Å². The van der Waals surface area contributed by atoms with Crippen molar-refractivity contribution in [2.75, 3.05) is 63.9 Å². The zero-order valence-corrected chi connectivity index (χ0v) is 11.1. The molecule has 0 amide bonds. The molecule has 2 saturated heterocycles. The molecule has 0 bridgehead atoms. The number of piperazine rings is 1. The summed E-state index contributed by atoms with van der Waals surface area (Å²) in [6.07, 6.45) is -0.278. The number of nitrogens with zero attached hydrogens (tertiary/aromatic N) is 2. The Kier molecular flexibility index (Phi) is 5.37. The Hall–Kier alpha value is -0.0100. The molecule has 1 unspecified atom stereocenters. The van der Waals surface area contributed by atoms with Crippen molar-refractivity contribution in [3.8, 4) is 0 Å². The van der Waals surface area contributed by atoms with Gasteiger partial charge in [0.1, 0.15) is 0 Å². The van der Waals surface area contributed by atoms with Gasteiger partial charge in [0.15, 0.2) is 0 Å². The SMILES string of the molecule is O=S1CCN(CC(O)CN2CCNCC2)CC1. The molecule has 17 heavy (non-hydrogen) atoms. The first-order valence-electron chi connectivity index (χ1n) is 6.42. The minimum absolute atomic E-state index is 0.278. The van der Waals surface area contributed by atoms with Gasteiger partial charge in [-0.15, -0.1) is 0 Å². The quantitative estimate of drug-likeness (QED) is 0.633. The van der Waals surface area contributed by atoms with Crippen molar-refractivity contribution in [3.63, 3.8) is 0 Å². The topological polar surface area (TPSA) is 55.8 Å². The summed E-state index contributed by atoms with van der Waals surface area (Å²) in [5.41, 5.74) is 0. The summed E-state index contributed by atoms with van der Waals surface area (Å²) < 4.78 is 11.2. The molecular weight excluding hydrogens is 238 g/mol. The van der Waals surface area contributed by atoms with Crippen molar-refractivity contribution in [2.45, 2.75) is 6.10 Å². The van der Waals surface area contributed by atoms with E-state index in [0.717, 1.165) is 63.9 Å². The lowest BCUT2D eigenvalue weighted by molar-refractivity contribution is 0.0722. The van der Waals surface area contributed by atoms with Gasteiger partial charge in [-0.3, -0.25) is 14.0 Å². The van der Waals surface area contributed by atoms with E-state index in [1.165, 1.54) is 0 Å². The van der Waals surface area contributed by atoms with Crippen molar-refractivity contribution in [2.24, 2.45) is 0 Å². The highest BCUT2D eigenvalue weighted by molar-refractivity contribution is 7.85. The third kappa shape index (κ3) is 4.63. The van der Waals surface area contributed by atoms with Gasteiger partial charge in [0, 0.05) is 74.7 Å². The van der Waals surface area contributed by atoms with Crippen LogP contribution in [0.4, 0.5) is 0 Å². The maximum atomic E-state index is 11.2. The summed E-state index contributed by atoms with van der Waals surface area (Å²) in [6.45, 7) is 7.33. The standard InChI is InChI=1S/C11H23N3O2S/c15-11(9-13-3-1-12-2-4-13)10-14-5-7-17(16)8-6-14/h11-12,15H,1-10H2. The molecule has 2 N–H and O–H groups in total. The lowest BCUT2D eigenvalue weighted by atomic mass is 10.2. The second-order valence-corrected chi connectivity index (χ2v) is 6.55. The second-order valence-electron chi connectivity index (χ2n) is 4.85. The molecule has 0 aromatic heterocycles. The molecule has 100 valence electrons. The van der Waals surface area contributed by atoms with E-state index >= 15 is 0 Å². The number of aliphatic hydroxyl groups is 1. The fourth-order valence-corrected chi connectivity index (χ4v) is 3.53. The smallest absolute Gasteiger partial charge is 0.0793 e. The van der Waals surface area contributed by atoms with Crippen LogP contribution in [0.2, 0.25) is 0 Å². The van der Waals surface area contributed by atoms with Crippen molar-refractivity contribution in [1.82, 2.24) is 15.1 Å². The zero-order chi connectivity index (χ0) is 12.1. The van der Waals surface area contributed by atoms with Gasteiger partial charge in [-0.1, -0.05) is 0 Å². The van der Waals surface area contributed by atoms with Crippen LogP contribution in [-0.4, -0.2) is 89.1 Å². The monoisotopic (exact) mass is 261 g/mol. The summed E-state index contributed by atoms with van der Waals surface area (Å²) >= 11 is 0. The van der Waals surface area contributed by atoms with E-state index in [9.17, 15) is 9.32 Å². The molecule has 5 nitrogen and oxygen atoms in total. The lowest BCUT2D eigenvalue weighted by Gasteiger charge is -2.32. The van der Waals surface area contributed by atoms with E-state index < -0.39 is 10.8 Å². The number of aliphatic hydroxyl groups excluding tert-OH is 1. The van der Waals surface area contributed by atoms with Crippen molar-refractivity contribution in [3.05, 3.63) is 0 Å². The Morgan fingerprint density at radius 3 is 2.18 bits per heavy atom. The highest BCUT2D eigenvalue weighted by Crippen LogP contribution is 2.03. The minimum Gasteiger partial charge on any atom is -0.390 e. The van der Waals surface area contributed by atoms with Crippen LogP contribution in [0.25, 0.3) is 0 Å². The molecule has 1 atom stereocenters. The maximum absolute atomic E-state index is 11.2. The lowest BCUT2D eigenvalue weighted by Crippen LogP contribution is -2.49. The van der Waals surface area contributed by atoms with Crippen LogP contribution in [0, 0.1) is 0 Å². The highest BCUT2D eigenvalue weighted by atomic mass is 32.2. The Balaban J connectivity index is 1.65. The zero-order valence-electron chi connectivity index (χ0n) is 10.3.